The summed E-state index contributed by atoms with van der Waals surface area (Å²) in [6, 6.07) is 6.61. The molecule has 116 valence electrons. The molecule has 1 N–H and O–H groups in total. The Morgan fingerprint density at radius 3 is 2.77 bits per heavy atom. The summed E-state index contributed by atoms with van der Waals surface area (Å²) in [6.45, 7) is 0.869. The average molecular weight is 301 g/mol. The minimum atomic E-state index is -0.972. The number of halogens is 1. The summed E-state index contributed by atoms with van der Waals surface area (Å²) in [5.74, 6) is -0.622. The molecular formula is C18H20FNO2. The van der Waals surface area contributed by atoms with E-state index in [1.54, 1.807) is 12.1 Å². The van der Waals surface area contributed by atoms with Gasteiger partial charge in [-0.1, -0.05) is 19.3 Å². The number of carboxylic acid groups (broad SMARTS) is 1. The fourth-order valence-electron chi connectivity index (χ4n) is 3.39. The largest absolute Gasteiger partial charge is 0.478 e. The molecule has 0 amide bonds. The molecule has 1 saturated carbocycles. The van der Waals surface area contributed by atoms with Crippen molar-refractivity contribution in [1.29, 1.82) is 0 Å². The van der Waals surface area contributed by atoms with Crippen LogP contribution in [-0.4, -0.2) is 15.6 Å². The Morgan fingerprint density at radius 1 is 1.27 bits per heavy atom. The first kappa shape index (κ1) is 14.8. The second-order valence-electron chi connectivity index (χ2n) is 6.06. The maximum atomic E-state index is 13.4. The van der Waals surface area contributed by atoms with Crippen LogP contribution >= 0.6 is 0 Å². The third-order valence-electron chi connectivity index (χ3n) is 4.46. The molecule has 1 heterocycles. The standard InChI is InChI=1S/C18H20FNO2/c19-15-6-8-17-14(10-15)11-16(7-9-18(21)22)20(17)12-13-4-2-1-3-5-13/h6-11,13H,1-5,12H2,(H,21,22)/b9-7+. The highest BCUT2D eigenvalue weighted by atomic mass is 19.1. The lowest BCUT2D eigenvalue weighted by Crippen LogP contribution is -2.14. The van der Waals surface area contributed by atoms with E-state index in [0.717, 1.165) is 29.2 Å². The second-order valence-corrected chi connectivity index (χ2v) is 6.06. The maximum absolute atomic E-state index is 13.4. The van der Waals surface area contributed by atoms with Crippen LogP contribution in [0.2, 0.25) is 0 Å². The molecule has 0 radical (unpaired) electrons. The molecule has 0 saturated heterocycles. The maximum Gasteiger partial charge on any atom is 0.328 e. The predicted octanol–water partition coefficient (Wildman–Crippen LogP) is 4.46. The van der Waals surface area contributed by atoms with E-state index in [4.69, 9.17) is 5.11 Å². The zero-order valence-electron chi connectivity index (χ0n) is 12.5. The van der Waals surface area contributed by atoms with Crippen LogP contribution in [0.4, 0.5) is 4.39 Å². The number of fused-ring (bicyclic) bond motifs is 1. The van der Waals surface area contributed by atoms with Crippen molar-refractivity contribution in [2.24, 2.45) is 5.92 Å². The quantitative estimate of drug-likeness (QED) is 0.847. The highest BCUT2D eigenvalue weighted by Crippen LogP contribution is 2.29. The van der Waals surface area contributed by atoms with Crippen LogP contribution in [0.15, 0.2) is 30.3 Å². The van der Waals surface area contributed by atoms with Gasteiger partial charge < -0.3 is 9.67 Å². The molecule has 1 aliphatic carbocycles. The normalized spacial score (nSPS) is 16.6. The number of aliphatic carboxylic acids is 1. The molecule has 2 aromatic rings. The monoisotopic (exact) mass is 301 g/mol. The predicted molar refractivity (Wildman–Crippen MR) is 85.1 cm³/mol. The van der Waals surface area contributed by atoms with Crippen LogP contribution < -0.4 is 0 Å². The number of aromatic nitrogens is 1. The molecule has 22 heavy (non-hydrogen) atoms. The van der Waals surface area contributed by atoms with Crippen LogP contribution in [0.5, 0.6) is 0 Å². The number of benzene rings is 1. The van der Waals surface area contributed by atoms with Crippen molar-refractivity contribution in [1.82, 2.24) is 4.57 Å². The molecule has 1 aliphatic rings. The molecule has 3 nitrogen and oxygen atoms in total. The van der Waals surface area contributed by atoms with Gasteiger partial charge in [0.15, 0.2) is 0 Å². The van der Waals surface area contributed by atoms with E-state index in [9.17, 15) is 9.18 Å². The van der Waals surface area contributed by atoms with Crippen LogP contribution in [-0.2, 0) is 11.3 Å². The molecule has 0 bridgehead atoms. The van der Waals surface area contributed by atoms with Gasteiger partial charge in [-0.15, -0.1) is 0 Å². The molecule has 3 rings (SSSR count). The van der Waals surface area contributed by atoms with Crippen molar-refractivity contribution in [3.63, 3.8) is 0 Å². The van der Waals surface area contributed by atoms with Crippen molar-refractivity contribution in [2.45, 2.75) is 38.6 Å². The Labute approximate surface area is 129 Å². The van der Waals surface area contributed by atoms with Gasteiger partial charge in [-0.3, -0.25) is 0 Å². The van der Waals surface area contributed by atoms with Gasteiger partial charge >= 0.3 is 5.97 Å². The summed E-state index contributed by atoms with van der Waals surface area (Å²) in [5.41, 5.74) is 1.80. The van der Waals surface area contributed by atoms with Crippen molar-refractivity contribution in [2.75, 3.05) is 0 Å². The minimum Gasteiger partial charge on any atom is -0.478 e. The van der Waals surface area contributed by atoms with Gasteiger partial charge in [-0.2, -0.15) is 0 Å². The van der Waals surface area contributed by atoms with Gasteiger partial charge in [0.2, 0.25) is 0 Å². The van der Waals surface area contributed by atoms with E-state index in [0.29, 0.717) is 5.92 Å². The van der Waals surface area contributed by atoms with Crippen molar-refractivity contribution in [3.8, 4) is 0 Å². The lowest BCUT2D eigenvalue weighted by atomic mass is 9.89. The Morgan fingerprint density at radius 2 is 2.05 bits per heavy atom. The first-order chi connectivity index (χ1) is 10.6. The summed E-state index contributed by atoms with van der Waals surface area (Å²) in [6.07, 6.45) is 8.99. The zero-order chi connectivity index (χ0) is 15.5. The Balaban J connectivity index is 1.99. The summed E-state index contributed by atoms with van der Waals surface area (Å²) < 4.78 is 15.6. The van der Waals surface area contributed by atoms with E-state index in [-0.39, 0.29) is 5.82 Å². The molecule has 1 aromatic carbocycles. The van der Waals surface area contributed by atoms with Gasteiger partial charge in [0.1, 0.15) is 5.82 Å². The molecule has 1 aromatic heterocycles. The Hall–Kier alpha value is -2.10. The lowest BCUT2D eigenvalue weighted by molar-refractivity contribution is -0.131. The first-order valence-corrected chi connectivity index (χ1v) is 7.83. The van der Waals surface area contributed by atoms with E-state index in [1.165, 1.54) is 44.2 Å². The van der Waals surface area contributed by atoms with Crippen LogP contribution in [0.3, 0.4) is 0 Å². The average Bonchev–Trinajstić information content (AvgIpc) is 2.83. The molecular weight excluding hydrogens is 281 g/mol. The van der Waals surface area contributed by atoms with Gasteiger partial charge in [-0.25, -0.2) is 9.18 Å². The fraction of sp³-hybridized carbons (Fsp3) is 0.389. The molecule has 0 aliphatic heterocycles. The first-order valence-electron chi connectivity index (χ1n) is 7.83. The van der Waals surface area contributed by atoms with Crippen LogP contribution in [0, 0.1) is 11.7 Å². The number of carboxylic acids is 1. The van der Waals surface area contributed by atoms with Crippen LogP contribution in [0.25, 0.3) is 17.0 Å². The molecule has 4 heteroatoms. The molecule has 0 unspecified atom stereocenters. The molecule has 0 atom stereocenters. The second kappa shape index (κ2) is 6.34. The smallest absolute Gasteiger partial charge is 0.328 e. The number of rotatable bonds is 4. The topological polar surface area (TPSA) is 42.2 Å². The van der Waals surface area contributed by atoms with Crippen molar-refractivity contribution >= 4 is 22.9 Å². The summed E-state index contributed by atoms with van der Waals surface area (Å²) in [7, 11) is 0. The number of hydrogen-bond acceptors (Lipinski definition) is 1. The number of hydrogen-bond donors (Lipinski definition) is 1. The SMILES string of the molecule is O=C(O)/C=C/c1cc2cc(F)ccc2n1CC1CCCCC1. The zero-order valence-corrected chi connectivity index (χ0v) is 12.5. The molecule has 0 spiro atoms. The van der Waals surface area contributed by atoms with Crippen LogP contribution in [0.1, 0.15) is 37.8 Å². The number of nitrogens with zero attached hydrogens (tertiary/aromatic N) is 1. The fourth-order valence-corrected chi connectivity index (χ4v) is 3.39. The summed E-state index contributed by atoms with van der Waals surface area (Å²) in [4.78, 5) is 10.8. The summed E-state index contributed by atoms with van der Waals surface area (Å²) >= 11 is 0. The van der Waals surface area contributed by atoms with Crippen molar-refractivity contribution in [3.05, 3.63) is 41.9 Å². The van der Waals surface area contributed by atoms with Crippen molar-refractivity contribution < 1.29 is 14.3 Å². The third-order valence-corrected chi connectivity index (χ3v) is 4.46. The molecule has 1 fully saturated rings. The van der Waals surface area contributed by atoms with E-state index >= 15 is 0 Å². The van der Waals surface area contributed by atoms with Gasteiger partial charge in [0.05, 0.1) is 0 Å². The lowest BCUT2D eigenvalue weighted by Gasteiger charge is -2.23. The van der Waals surface area contributed by atoms with Gasteiger partial charge in [0, 0.05) is 29.2 Å². The highest BCUT2D eigenvalue weighted by Gasteiger charge is 2.17. The van der Waals surface area contributed by atoms with Gasteiger partial charge in [-0.05, 0) is 49.1 Å². The van der Waals surface area contributed by atoms with E-state index in [1.807, 2.05) is 6.07 Å². The van der Waals surface area contributed by atoms with E-state index in [2.05, 4.69) is 4.57 Å². The Kier molecular flexibility index (Phi) is 4.27. The minimum absolute atomic E-state index is 0.268. The highest BCUT2D eigenvalue weighted by molar-refractivity contribution is 5.88. The van der Waals surface area contributed by atoms with E-state index < -0.39 is 5.97 Å². The summed E-state index contributed by atoms with van der Waals surface area (Å²) in [5, 5.41) is 9.67. The third kappa shape index (κ3) is 3.21. The van der Waals surface area contributed by atoms with Gasteiger partial charge in [0.25, 0.3) is 0 Å². The Bertz CT molecular complexity index is 711. The number of carbonyl (C=O) groups is 1.